The Morgan fingerprint density at radius 2 is 1.91 bits per heavy atom. The Morgan fingerprint density at radius 1 is 1.15 bits per heavy atom. The van der Waals surface area contributed by atoms with Gasteiger partial charge in [-0.15, -0.1) is 0 Å². The average Bonchev–Trinajstić information content (AvgIpc) is 2.85. The van der Waals surface area contributed by atoms with Crippen molar-refractivity contribution in [1.82, 2.24) is 9.97 Å². The zero-order valence-electron chi connectivity index (χ0n) is 18.3. The molecule has 0 saturated carbocycles. The van der Waals surface area contributed by atoms with E-state index in [1.165, 1.54) is 6.33 Å². The number of amides is 1. The molecule has 6 nitrogen and oxygen atoms in total. The molecule has 0 radical (unpaired) electrons. The highest BCUT2D eigenvalue weighted by Crippen LogP contribution is 2.34. The molecular formula is C24H22ClF3N4O2. The van der Waals surface area contributed by atoms with Crippen molar-refractivity contribution >= 4 is 29.0 Å². The largest absolute Gasteiger partial charge is 0.497 e. The van der Waals surface area contributed by atoms with E-state index in [9.17, 15) is 18.0 Å². The van der Waals surface area contributed by atoms with Crippen molar-refractivity contribution in [3.8, 4) is 17.0 Å². The number of methoxy groups -OCH3 is 1. The van der Waals surface area contributed by atoms with E-state index in [0.29, 0.717) is 25.3 Å². The van der Waals surface area contributed by atoms with E-state index in [-0.39, 0.29) is 16.6 Å². The van der Waals surface area contributed by atoms with Crippen LogP contribution in [0.15, 0.2) is 54.9 Å². The zero-order valence-corrected chi connectivity index (χ0v) is 19.0. The number of anilines is 2. The lowest BCUT2D eigenvalue weighted by molar-refractivity contribution is -0.137. The van der Waals surface area contributed by atoms with E-state index in [1.54, 1.807) is 7.11 Å². The van der Waals surface area contributed by atoms with Crippen molar-refractivity contribution in [2.24, 2.45) is 5.92 Å². The molecule has 1 amide bonds. The van der Waals surface area contributed by atoms with Crippen LogP contribution in [-0.2, 0) is 11.0 Å². The van der Waals surface area contributed by atoms with Gasteiger partial charge in [0.25, 0.3) is 0 Å². The first kappa shape index (κ1) is 23.8. The highest BCUT2D eigenvalue weighted by atomic mass is 35.5. The van der Waals surface area contributed by atoms with E-state index in [4.69, 9.17) is 16.3 Å². The second-order valence-corrected chi connectivity index (χ2v) is 8.36. The zero-order chi connectivity index (χ0) is 24.3. The SMILES string of the molecule is COc1ccc(-c2cc(N3CCCC(C(=O)Nc4cc(C(F)(F)F)ccc4Cl)C3)ncn2)cc1. The van der Waals surface area contributed by atoms with Crippen LogP contribution in [-0.4, -0.2) is 36.1 Å². The van der Waals surface area contributed by atoms with Gasteiger partial charge in [0, 0.05) is 24.7 Å². The van der Waals surface area contributed by atoms with Gasteiger partial charge < -0.3 is 15.0 Å². The summed E-state index contributed by atoms with van der Waals surface area (Å²) in [4.78, 5) is 23.6. The Morgan fingerprint density at radius 3 is 2.62 bits per heavy atom. The molecule has 2 heterocycles. The Labute approximate surface area is 199 Å². The first-order chi connectivity index (χ1) is 16.2. The Hall–Kier alpha value is -3.33. The first-order valence-corrected chi connectivity index (χ1v) is 11.0. The lowest BCUT2D eigenvalue weighted by Crippen LogP contribution is -2.41. The Kier molecular flexibility index (Phi) is 6.92. The van der Waals surface area contributed by atoms with E-state index in [0.717, 1.165) is 41.6 Å². The number of carbonyl (C=O) groups is 1. The number of nitrogens with zero attached hydrogens (tertiary/aromatic N) is 3. The van der Waals surface area contributed by atoms with Gasteiger partial charge in [0.1, 0.15) is 17.9 Å². The molecule has 1 unspecified atom stereocenters. The molecule has 1 fully saturated rings. The van der Waals surface area contributed by atoms with E-state index in [1.807, 2.05) is 35.2 Å². The molecule has 10 heteroatoms. The number of halogens is 4. The summed E-state index contributed by atoms with van der Waals surface area (Å²) in [6.07, 6.45) is -1.72. The Balaban J connectivity index is 1.48. The summed E-state index contributed by atoms with van der Waals surface area (Å²) < 4.78 is 44.3. The van der Waals surface area contributed by atoms with Crippen LogP contribution >= 0.6 is 11.6 Å². The summed E-state index contributed by atoms with van der Waals surface area (Å²) in [5.74, 6) is 0.605. The molecule has 4 rings (SSSR count). The standard InChI is InChI=1S/C24H22ClF3N4O2/c1-34-18-7-4-15(5-8-18)20-12-22(30-14-29-20)32-10-2-3-16(13-32)23(33)31-21-11-17(24(26,27)28)6-9-19(21)25/h4-9,11-12,14,16H,2-3,10,13H2,1H3,(H,31,33). The van der Waals surface area contributed by atoms with Crippen molar-refractivity contribution in [2.45, 2.75) is 19.0 Å². The molecule has 1 aliphatic rings. The van der Waals surface area contributed by atoms with E-state index < -0.39 is 17.7 Å². The van der Waals surface area contributed by atoms with Crippen molar-refractivity contribution in [3.05, 3.63) is 65.4 Å². The number of ether oxygens (including phenoxy) is 1. The lowest BCUT2D eigenvalue weighted by atomic mass is 9.97. The van der Waals surface area contributed by atoms with E-state index >= 15 is 0 Å². The number of nitrogens with one attached hydrogen (secondary N) is 1. The van der Waals surface area contributed by atoms with Gasteiger partial charge in [0.15, 0.2) is 0 Å². The number of aromatic nitrogens is 2. The summed E-state index contributed by atoms with van der Waals surface area (Å²) in [6.45, 7) is 1.08. The molecule has 1 atom stereocenters. The van der Waals surface area contributed by atoms with Crippen molar-refractivity contribution in [2.75, 3.05) is 30.4 Å². The molecular weight excluding hydrogens is 469 g/mol. The van der Waals surface area contributed by atoms with Gasteiger partial charge in [0.05, 0.1) is 35.0 Å². The summed E-state index contributed by atoms with van der Waals surface area (Å²) in [5, 5.41) is 2.62. The average molecular weight is 491 g/mol. The van der Waals surface area contributed by atoms with Crippen LogP contribution in [0, 0.1) is 5.92 Å². The quantitative estimate of drug-likeness (QED) is 0.498. The van der Waals surface area contributed by atoms with Crippen LogP contribution in [0.2, 0.25) is 5.02 Å². The molecule has 1 aromatic heterocycles. The number of carbonyl (C=O) groups excluding carboxylic acids is 1. The van der Waals surface area contributed by atoms with Crippen LogP contribution in [0.4, 0.5) is 24.7 Å². The number of rotatable bonds is 5. The summed E-state index contributed by atoms with van der Waals surface area (Å²) in [5.41, 5.74) is 0.705. The van der Waals surface area contributed by atoms with Crippen LogP contribution < -0.4 is 15.0 Å². The van der Waals surface area contributed by atoms with Crippen LogP contribution in [0.25, 0.3) is 11.3 Å². The maximum atomic E-state index is 13.0. The molecule has 1 N–H and O–H groups in total. The van der Waals surface area contributed by atoms with E-state index in [2.05, 4.69) is 15.3 Å². The summed E-state index contributed by atoms with van der Waals surface area (Å²) >= 11 is 6.03. The Bertz CT molecular complexity index is 1170. The van der Waals surface area contributed by atoms with Gasteiger partial charge in [-0.1, -0.05) is 11.6 Å². The monoisotopic (exact) mass is 490 g/mol. The predicted molar refractivity (Wildman–Crippen MR) is 124 cm³/mol. The number of benzene rings is 2. The normalized spacial score (nSPS) is 16.3. The van der Waals surface area contributed by atoms with Gasteiger partial charge in [0.2, 0.25) is 5.91 Å². The molecule has 2 aromatic carbocycles. The number of alkyl halides is 3. The molecule has 0 spiro atoms. The van der Waals surface area contributed by atoms with Gasteiger partial charge in [-0.2, -0.15) is 13.2 Å². The minimum absolute atomic E-state index is 0.0500. The predicted octanol–water partition coefficient (Wildman–Crippen LogP) is 5.68. The van der Waals surface area contributed by atoms with Gasteiger partial charge in [-0.05, 0) is 55.3 Å². The second kappa shape index (κ2) is 9.89. The number of hydrogen-bond acceptors (Lipinski definition) is 5. The van der Waals surface area contributed by atoms with Crippen LogP contribution in [0.1, 0.15) is 18.4 Å². The highest BCUT2D eigenvalue weighted by molar-refractivity contribution is 6.33. The molecule has 0 bridgehead atoms. The number of hydrogen-bond donors (Lipinski definition) is 1. The minimum Gasteiger partial charge on any atom is -0.497 e. The first-order valence-electron chi connectivity index (χ1n) is 10.6. The third kappa shape index (κ3) is 5.41. The van der Waals surface area contributed by atoms with Gasteiger partial charge >= 0.3 is 6.18 Å². The smallest absolute Gasteiger partial charge is 0.416 e. The van der Waals surface area contributed by atoms with Crippen molar-refractivity contribution in [1.29, 1.82) is 0 Å². The van der Waals surface area contributed by atoms with Gasteiger partial charge in [-0.25, -0.2) is 9.97 Å². The molecule has 1 saturated heterocycles. The molecule has 0 aliphatic carbocycles. The third-order valence-corrected chi connectivity index (χ3v) is 6.04. The summed E-state index contributed by atoms with van der Waals surface area (Å²) in [7, 11) is 1.60. The molecule has 34 heavy (non-hydrogen) atoms. The fraction of sp³-hybridized carbons (Fsp3) is 0.292. The molecule has 178 valence electrons. The highest BCUT2D eigenvalue weighted by Gasteiger charge is 2.32. The maximum Gasteiger partial charge on any atom is 0.416 e. The molecule has 1 aliphatic heterocycles. The van der Waals surface area contributed by atoms with Crippen molar-refractivity contribution < 1.29 is 22.7 Å². The van der Waals surface area contributed by atoms with Gasteiger partial charge in [-0.3, -0.25) is 4.79 Å². The summed E-state index contributed by atoms with van der Waals surface area (Å²) in [6, 6.07) is 12.2. The topological polar surface area (TPSA) is 67.3 Å². The lowest BCUT2D eigenvalue weighted by Gasteiger charge is -2.33. The molecule has 3 aromatic rings. The fourth-order valence-electron chi connectivity index (χ4n) is 3.87. The van der Waals surface area contributed by atoms with Crippen LogP contribution in [0.3, 0.4) is 0 Å². The van der Waals surface area contributed by atoms with Crippen molar-refractivity contribution in [3.63, 3.8) is 0 Å². The number of piperidine rings is 1. The second-order valence-electron chi connectivity index (χ2n) is 7.96. The minimum atomic E-state index is -4.53. The fourth-order valence-corrected chi connectivity index (χ4v) is 4.04. The van der Waals surface area contributed by atoms with Crippen LogP contribution in [0.5, 0.6) is 5.75 Å². The third-order valence-electron chi connectivity index (χ3n) is 5.71. The maximum absolute atomic E-state index is 13.0.